The number of rotatable bonds is 4. The highest BCUT2D eigenvalue weighted by Gasteiger charge is 2.31. The van der Waals surface area contributed by atoms with Crippen molar-refractivity contribution in [3.05, 3.63) is 36.4 Å². The van der Waals surface area contributed by atoms with Crippen molar-refractivity contribution in [3.8, 4) is 5.75 Å². The van der Waals surface area contributed by atoms with Crippen molar-refractivity contribution in [1.29, 1.82) is 0 Å². The molecule has 4 heterocycles. The summed E-state index contributed by atoms with van der Waals surface area (Å²) in [5.74, 6) is 2.04. The number of methoxy groups -OCH3 is 1. The van der Waals surface area contributed by atoms with Gasteiger partial charge in [0.1, 0.15) is 11.3 Å². The Morgan fingerprint density at radius 1 is 1.13 bits per heavy atom. The molecule has 1 saturated carbocycles. The zero-order chi connectivity index (χ0) is 21.1. The summed E-state index contributed by atoms with van der Waals surface area (Å²) < 4.78 is 9.23. The zero-order valence-corrected chi connectivity index (χ0v) is 17.8. The minimum absolute atomic E-state index is 0.223. The predicted molar refractivity (Wildman–Crippen MR) is 119 cm³/mol. The molecule has 3 aromatic heterocycles. The van der Waals surface area contributed by atoms with E-state index in [1.54, 1.807) is 11.6 Å². The van der Waals surface area contributed by atoms with Crippen LogP contribution in [0.15, 0.2) is 30.6 Å². The normalized spacial score (nSPS) is 21.8. The van der Waals surface area contributed by atoms with Crippen LogP contribution in [0.3, 0.4) is 0 Å². The Morgan fingerprint density at radius 2 is 2.00 bits per heavy atom. The number of hydrogen-bond acceptors (Lipinski definition) is 7. The molecule has 2 N–H and O–H groups in total. The summed E-state index contributed by atoms with van der Waals surface area (Å²) >= 11 is 0. The van der Waals surface area contributed by atoms with Crippen molar-refractivity contribution in [2.45, 2.75) is 50.6 Å². The minimum atomic E-state index is 0.223. The van der Waals surface area contributed by atoms with E-state index in [1.165, 1.54) is 18.5 Å². The van der Waals surface area contributed by atoms with Crippen LogP contribution in [0.2, 0.25) is 0 Å². The van der Waals surface area contributed by atoms with Gasteiger partial charge in [0.15, 0.2) is 11.5 Å². The highest BCUT2D eigenvalue weighted by molar-refractivity contribution is 5.95. The number of benzene rings is 1. The lowest BCUT2D eigenvalue weighted by atomic mass is 9.92. The molecule has 4 aromatic rings. The number of hydrogen-bond donors (Lipinski definition) is 1. The summed E-state index contributed by atoms with van der Waals surface area (Å²) in [6.45, 7) is 3.15. The van der Waals surface area contributed by atoms with E-state index in [0.29, 0.717) is 29.3 Å². The Labute approximate surface area is 179 Å². The number of nitrogen functional groups attached to an aromatic ring is 1. The summed E-state index contributed by atoms with van der Waals surface area (Å²) in [6.07, 6.45) is 8.78. The van der Waals surface area contributed by atoms with E-state index in [4.69, 9.17) is 20.6 Å². The average Bonchev–Trinajstić information content (AvgIpc) is 3.33. The molecule has 1 saturated heterocycles. The topological polar surface area (TPSA) is 99.4 Å². The molecule has 2 fully saturated rings. The van der Waals surface area contributed by atoms with Crippen LogP contribution >= 0.6 is 0 Å². The molecule has 9 heteroatoms. The van der Waals surface area contributed by atoms with Crippen molar-refractivity contribution in [2.75, 3.05) is 24.3 Å². The van der Waals surface area contributed by atoms with Gasteiger partial charge in [0.2, 0.25) is 5.95 Å². The first-order valence-electron chi connectivity index (χ1n) is 10.9. The van der Waals surface area contributed by atoms with E-state index >= 15 is 0 Å². The third-order valence-electron chi connectivity index (χ3n) is 6.61. The van der Waals surface area contributed by atoms with E-state index in [0.717, 1.165) is 36.2 Å². The number of nitrogens with zero attached hydrogens (tertiary/aromatic N) is 7. The van der Waals surface area contributed by atoms with Crippen LogP contribution in [0.5, 0.6) is 5.75 Å². The molecule has 0 radical (unpaired) electrons. The Balaban J connectivity index is 1.37. The fourth-order valence-corrected chi connectivity index (χ4v) is 4.67. The van der Waals surface area contributed by atoms with Crippen LogP contribution in [-0.4, -0.2) is 49.1 Å². The summed E-state index contributed by atoms with van der Waals surface area (Å²) in [7, 11) is 1.63. The van der Waals surface area contributed by atoms with Gasteiger partial charge in [-0.1, -0.05) is 6.07 Å². The summed E-state index contributed by atoms with van der Waals surface area (Å²) in [6, 6.07) is 6.85. The summed E-state index contributed by atoms with van der Waals surface area (Å²) in [5.41, 5.74) is 8.86. The van der Waals surface area contributed by atoms with Crippen molar-refractivity contribution >= 4 is 28.2 Å². The molecule has 160 valence electrons. The van der Waals surface area contributed by atoms with Gasteiger partial charge in [0.25, 0.3) is 0 Å². The number of piperidine rings is 1. The number of anilines is 2. The molecule has 6 rings (SSSR count). The van der Waals surface area contributed by atoms with Crippen molar-refractivity contribution in [3.63, 3.8) is 0 Å². The summed E-state index contributed by atoms with van der Waals surface area (Å²) in [4.78, 5) is 11.9. The molecule has 0 amide bonds. The van der Waals surface area contributed by atoms with Crippen LogP contribution < -0.4 is 15.4 Å². The Hall–Kier alpha value is -3.36. The third-order valence-corrected chi connectivity index (χ3v) is 6.61. The Kier molecular flexibility index (Phi) is 4.06. The van der Waals surface area contributed by atoms with Crippen molar-refractivity contribution in [2.24, 2.45) is 0 Å². The molecule has 0 bridgehead atoms. The lowest BCUT2D eigenvalue weighted by Gasteiger charge is -2.37. The monoisotopic (exact) mass is 418 g/mol. The average molecular weight is 419 g/mol. The molecule has 1 aliphatic carbocycles. The van der Waals surface area contributed by atoms with E-state index in [-0.39, 0.29) is 5.92 Å². The second-order valence-corrected chi connectivity index (χ2v) is 8.72. The van der Waals surface area contributed by atoms with Gasteiger partial charge in [-0.25, -0.2) is 9.97 Å². The predicted octanol–water partition coefficient (Wildman–Crippen LogP) is 3.17. The van der Waals surface area contributed by atoms with Crippen molar-refractivity contribution in [1.82, 2.24) is 29.4 Å². The van der Waals surface area contributed by atoms with Crippen LogP contribution in [0.25, 0.3) is 16.6 Å². The molecule has 0 spiro atoms. The van der Waals surface area contributed by atoms with E-state index in [1.807, 2.05) is 24.4 Å². The molecule has 9 nitrogen and oxygen atoms in total. The Bertz CT molecular complexity index is 1270. The van der Waals surface area contributed by atoms with Gasteiger partial charge >= 0.3 is 0 Å². The fraction of sp³-hybridized carbons (Fsp3) is 0.455. The maximum absolute atomic E-state index is 6.24. The van der Waals surface area contributed by atoms with Gasteiger partial charge < -0.3 is 15.4 Å². The van der Waals surface area contributed by atoms with Crippen LogP contribution in [0, 0.1) is 0 Å². The first kappa shape index (κ1) is 18.4. The quantitative estimate of drug-likeness (QED) is 0.543. The van der Waals surface area contributed by atoms with Crippen molar-refractivity contribution < 1.29 is 4.74 Å². The molecule has 2 aliphatic rings. The highest BCUT2D eigenvalue weighted by atomic mass is 16.5. The number of fused-ring (bicyclic) bond motifs is 3. The zero-order valence-electron chi connectivity index (χ0n) is 17.8. The maximum Gasteiger partial charge on any atom is 0.223 e. The molecule has 1 aromatic carbocycles. The maximum atomic E-state index is 6.24. The van der Waals surface area contributed by atoms with Gasteiger partial charge in [0, 0.05) is 30.1 Å². The van der Waals surface area contributed by atoms with E-state index in [2.05, 4.69) is 32.8 Å². The first-order valence-corrected chi connectivity index (χ1v) is 10.9. The lowest BCUT2D eigenvalue weighted by Crippen LogP contribution is -2.41. The molecule has 1 aliphatic heterocycles. The van der Waals surface area contributed by atoms with E-state index < -0.39 is 0 Å². The number of para-hydroxylation sites is 1. The van der Waals surface area contributed by atoms with Gasteiger partial charge in [-0.05, 0) is 44.7 Å². The number of aromatic nitrogens is 6. The lowest BCUT2D eigenvalue weighted by molar-refractivity contribution is 0.419. The number of ether oxygens (including phenoxy) is 1. The fourth-order valence-electron chi connectivity index (χ4n) is 4.67. The minimum Gasteiger partial charge on any atom is -0.494 e. The second-order valence-electron chi connectivity index (χ2n) is 8.72. The van der Waals surface area contributed by atoms with Crippen LogP contribution in [-0.2, 0) is 0 Å². The van der Waals surface area contributed by atoms with E-state index in [9.17, 15) is 0 Å². The Morgan fingerprint density at radius 3 is 2.81 bits per heavy atom. The molecular weight excluding hydrogens is 392 g/mol. The summed E-state index contributed by atoms with van der Waals surface area (Å²) in [5, 5.41) is 10.2. The standard InChI is InChI=1S/C22H26N8O/c1-13-6-7-14(11-28(13)16-10-24-29(12-16)15-8-9-15)20-26-21-17-4-3-5-18(31-2)19(17)25-22(23)30(21)27-20/h3-5,10,12-15H,6-9,11H2,1-2H3,(H2,23,25)/t13-,14+/m1/s1. The van der Waals surface area contributed by atoms with Gasteiger partial charge in [-0.3, -0.25) is 4.68 Å². The van der Waals surface area contributed by atoms with Crippen LogP contribution in [0.1, 0.15) is 50.4 Å². The smallest absolute Gasteiger partial charge is 0.223 e. The molecular formula is C22H26N8O. The molecule has 2 atom stereocenters. The first-order chi connectivity index (χ1) is 15.1. The second kappa shape index (κ2) is 6.83. The van der Waals surface area contributed by atoms with Gasteiger partial charge in [-0.15, -0.1) is 5.10 Å². The van der Waals surface area contributed by atoms with Crippen LogP contribution in [0.4, 0.5) is 11.6 Å². The largest absolute Gasteiger partial charge is 0.494 e. The molecule has 0 unspecified atom stereocenters. The SMILES string of the molecule is COc1cccc2c1nc(N)n1nc([C@H]3CC[C@@H](C)N(c4cnn(C5CC5)c4)C3)nc21. The van der Waals surface area contributed by atoms with Gasteiger partial charge in [-0.2, -0.15) is 9.61 Å². The number of nitrogens with two attached hydrogens (primary N) is 1. The van der Waals surface area contributed by atoms with Gasteiger partial charge in [0.05, 0.1) is 25.0 Å². The third kappa shape index (κ3) is 2.98. The molecule has 31 heavy (non-hydrogen) atoms. The highest BCUT2D eigenvalue weighted by Crippen LogP contribution is 2.37.